The molecule has 9 aromatic rings. The van der Waals surface area contributed by atoms with Gasteiger partial charge in [-0.2, -0.15) is 0 Å². The quantitative estimate of drug-likeness (QED) is 0.181. The van der Waals surface area contributed by atoms with Crippen LogP contribution < -0.4 is 0 Å². The molecule has 53 heavy (non-hydrogen) atoms. The van der Waals surface area contributed by atoms with Crippen molar-refractivity contribution in [3.8, 4) is 67.3 Å². The average Bonchev–Trinajstić information content (AvgIpc) is 3.51. The van der Waals surface area contributed by atoms with E-state index in [0.29, 0.717) is 17.1 Å². The fourth-order valence-electron chi connectivity index (χ4n) is 7.94. The van der Waals surface area contributed by atoms with Crippen LogP contribution in [0.3, 0.4) is 0 Å². The molecule has 0 spiro atoms. The summed E-state index contributed by atoms with van der Waals surface area (Å²) in [5.74, 6) is 0.389. The van der Waals surface area contributed by atoms with Gasteiger partial charge in [-0.05, 0) is 84.3 Å². The van der Waals surface area contributed by atoms with Crippen molar-refractivity contribution in [3.05, 3.63) is 193 Å². The molecule has 1 aromatic heterocycles. The van der Waals surface area contributed by atoms with E-state index in [1.165, 1.54) is 11.1 Å². The fourth-order valence-corrected chi connectivity index (χ4v) is 7.94. The first-order chi connectivity index (χ1) is 28.5. The molecule has 0 fully saturated rings. The van der Waals surface area contributed by atoms with Crippen LogP contribution in [-0.2, 0) is 5.41 Å². The molecule has 1 aliphatic rings. The summed E-state index contributed by atoms with van der Waals surface area (Å²) in [6.45, 7) is 4.38. The molecule has 0 radical (unpaired) electrons. The number of nitrogens with zero attached hydrogens (tertiary/aromatic N) is 2. The monoisotopic (exact) mass is 682 g/mol. The van der Waals surface area contributed by atoms with E-state index in [0.717, 1.165) is 44.2 Å². The molecule has 0 unspecified atom stereocenters. The van der Waals surface area contributed by atoms with Gasteiger partial charge in [0.15, 0.2) is 5.82 Å². The van der Waals surface area contributed by atoms with Gasteiger partial charge in [-0.3, -0.25) is 0 Å². The van der Waals surface area contributed by atoms with E-state index in [1.807, 2.05) is 97.1 Å². The Labute approximate surface area is 318 Å². The third-order valence-electron chi connectivity index (χ3n) is 10.6. The summed E-state index contributed by atoms with van der Waals surface area (Å²) in [5, 5.41) is 2.63. The van der Waals surface area contributed by atoms with Crippen molar-refractivity contribution in [2.75, 3.05) is 0 Å². The SMILES string of the molecule is [2H]c1c([2H])c([2H])c2c(-c3cc(-c4cccc(-c5ccccc5)c4)nc(-c4ccccc4)n3)c([2H])c([2H])c(-c3ccc4c(c3)C(C)(C)c3ccc5ccccc5c3-4)c2c1[2H]. The van der Waals surface area contributed by atoms with Crippen molar-refractivity contribution in [1.82, 2.24) is 9.97 Å². The summed E-state index contributed by atoms with van der Waals surface area (Å²) >= 11 is 0. The second-order valence-electron chi connectivity index (χ2n) is 14.1. The zero-order chi connectivity index (χ0) is 40.7. The smallest absolute Gasteiger partial charge is 0.160 e. The van der Waals surface area contributed by atoms with Gasteiger partial charge < -0.3 is 0 Å². The molecule has 1 aliphatic carbocycles. The Bertz CT molecular complexity index is 3200. The second-order valence-corrected chi connectivity index (χ2v) is 14.1. The van der Waals surface area contributed by atoms with Crippen LogP contribution in [-0.4, -0.2) is 9.97 Å². The lowest BCUT2D eigenvalue weighted by Crippen LogP contribution is -2.15. The van der Waals surface area contributed by atoms with E-state index in [4.69, 9.17) is 12.7 Å². The van der Waals surface area contributed by atoms with E-state index in [-0.39, 0.29) is 51.8 Å². The molecule has 250 valence electrons. The van der Waals surface area contributed by atoms with Crippen molar-refractivity contribution < 1.29 is 8.22 Å². The standard InChI is InChI=1S/C51H36N2/c1-51(2)45-29-25-34-16-9-10-21-40(34)49(45)44-26-24-37(31-46(44)51)39-27-28-43(42-23-12-11-22-41(39)42)48-32-47(52-50(53-48)35-17-7-4-8-18-35)38-20-13-19-36(30-38)33-14-5-3-6-15-33/h3-32H,1-2H3/i11D,12D,22D,23D,27D,28D. The molecule has 0 atom stereocenters. The van der Waals surface area contributed by atoms with Gasteiger partial charge in [0.1, 0.15) is 0 Å². The largest absolute Gasteiger partial charge is 0.228 e. The third kappa shape index (κ3) is 5.18. The minimum absolute atomic E-state index is 0.141. The Hall–Kier alpha value is -6.64. The van der Waals surface area contributed by atoms with Crippen molar-refractivity contribution in [1.29, 1.82) is 0 Å². The lowest BCUT2D eigenvalue weighted by atomic mass is 9.81. The Morgan fingerprint density at radius 1 is 0.434 bits per heavy atom. The first-order valence-corrected chi connectivity index (χ1v) is 17.8. The Morgan fingerprint density at radius 3 is 1.91 bits per heavy atom. The lowest BCUT2D eigenvalue weighted by molar-refractivity contribution is 0.661. The van der Waals surface area contributed by atoms with Crippen LogP contribution in [0.5, 0.6) is 0 Å². The lowest BCUT2D eigenvalue weighted by Gasteiger charge is -2.22. The Kier molecular flexibility index (Phi) is 5.86. The molecule has 0 bridgehead atoms. The summed E-state index contributed by atoms with van der Waals surface area (Å²) in [7, 11) is 0. The molecule has 2 heteroatoms. The second kappa shape index (κ2) is 12.3. The Balaban J connectivity index is 1.24. The van der Waals surface area contributed by atoms with Crippen molar-refractivity contribution in [2.45, 2.75) is 19.3 Å². The number of fused-ring (bicyclic) bond motifs is 6. The summed E-state index contributed by atoms with van der Waals surface area (Å²) in [4.78, 5) is 10.0. The van der Waals surface area contributed by atoms with Crippen LogP contribution in [0, 0.1) is 0 Å². The number of aromatic nitrogens is 2. The fraction of sp³-hybridized carbons (Fsp3) is 0.0588. The number of benzene rings is 8. The first-order valence-electron chi connectivity index (χ1n) is 20.8. The van der Waals surface area contributed by atoms with E-state index < -0.39 is 17.5 Å². The van der Waals surface area contributed by atoms with Gasteiger partial charge in [-0.15, -0.1) is 0 Å². The molecule has 0 amide bonds. The van der Waals surface area contributed by atoms with E-state index in [9.17, 15) is 5.48 Å². The normalized spacial score (nSPS) is 14.5. The maximum atomic E-state index is 9.72. The van der Waals surface area contributed by atoms with Gasteiger partial charge in [0.2, 0.25) is 0 Å². The van der Waals surface area contributed by atoms with Crippen LogP contribution in [0.15, 0.2) is 182 Å². The predicted octanol–water partition coefficient (Wildman–Crippen LogP) is 13.4. The van der Waals surface area contributed by atoms with Gasteiger partial charge in [0.25, 0.3) is 0 Å². The van der Waals surface area contributed by atoms with Gasteiger partial charge in [-0.1, -0.05) is 177 Å². The highest BCUT2D eigenvalue weighted by Gasteiger charge is 2.36. The highest BCUT2D eigenvalue weighted by molar-refractivity contribution is 6.06. The van der Waals surface area contributed by atoms with Crippen molar-refractivity contribution >= 4 is 21.5 Å². The van der Waals surface area contributed by atoms with E-state index in [1.54, 1.807) is 6.07 Å². The molecule has 8 aromatic carbocycles. The van der Waals surface area contributed by atoms with Crippen LogP contribution >= 0.6 is 0 Å². The molecule has 10 rings (SSSR count). The van der Waals surface area contributed by atoms with Gasteiger partial charge >= 0.3 is 0 Å². The molecule has 0 saturated carbocycles. The zero-order valence-corrected chi connectivity index (χ0v) is 29.3. The third-order valence-corrected chi connectivity index (χ3v) is 10.6. The van der Waals surface area contributed by atoms with Gasteiger partial charge in [-0.25, -0.2) is 9.97 Å². The molecular formula is C51H36N2. The number of rotatable bonds is 5. The summed E-state index contributed by atoms with van der Waals surface area (Å²) < 4.78 is 55.8. The maximum Gasteiger partial charge on any atom is 0.160 e. The molecule has 0 aliphatic heterocycles. The van der Waals surface area contributed by atoms with E-state index in [2.05, 4.69) is 56.3 Å². The summed E-state index contributed by atoms with van der Waals surface area (Å²) in [6, 6.07) is 46.4. The summed E-state index contributed by atoms with van der Waals surface area (Å²) in [5.41, 5.74) is 9.62. The predicted molar refractivity (Wildman–Crippen MR) is 222 cm³/mol. The van der Waals surface area contributed by atoms with Crippen LogP contribution in [0.2, 0.25) is 0 Å². The maximum absolute atomic E-state index is 9.72. The van der Waals surface area contributed by atoms with Gasteiger partial charge in [0, 0.05) is 22.1 Å². The minimum atomic E-state index is -0.419. The van der Waals surface area contributed by atoms with Crippen LogP contribution in [0.4, 0.5) is 0 Å². The molecule has 2 nitrogen and oxygen atoms in total. The highest BCUT2D eigenvalue weighted by Crippen LogP contribution is 2.52. The zero-order valence-electron chi connectivity index (χ0n) is 35.3. The highest BCUT2D eigenvalue weighted by atomic mass is 14.9. The number of hydrogen-bond acceptors (Lipinski definition) is 2. The Morgan fingerprint density at radius 2 is 1.09 bits per heavy atom. The molecular weight excluding hydrogens is 641 g/mol. The molecule has 1 heterocycles. The number of hydrogen-bond donors (Lipinski definition) is 0. The van der Waals surface area contributed by atoms with Crippen LogP contribution in [0.1, 0.15) is 33.2 Å². The van der Waals surface area contributed by atoms with Crippen LogP contribution in [0.25, 0.3) is 88.8 Å². The topological polar surface area (TPSA) is 25.8 Å². The van der Waals surface area contributed by atoms with Gasteiger partial charge in [0.05, 0.1) is 19.6 Å². The molecule has 0 N–H and O–H groups in total. The molecule has 0 saturated heterocycles. The first kappa shape index (κ1) is 25.3. The average molecular weight is 683 g/mol. The summed E-state index contributed by atoms with van der Waals surface area (Å²) in [6.07, 6.45) is 0. The minimum Gasteiger partial charge on any atom is -0.228 e. The van der Waals surface area contributed by atoms with E-state index >= 15 is 0 Å². The van der Waals surface area contributed by atoms with Crippen molar-refractivity contribution in [2.24, 2.45) is 0 Å². The van der Waals surface area contributed by atoms with Crippen molar-refractivity contribution in [3.63, 3.8) is 0 Å².